The molecule has 10 heteroatoms. The zero-order chi connectivity index (χ0) is 21.4. The lowest BCUT2D eigenvalue weighted by Gasteiger charge is -2.16. The van der Waals surface area contributed by atoms with Gasteiger partial charge < -0.3 is 13.6 Å². The van der Waals surface area contributed by atoms with Crippen LogP contribution in [0, 0.1) is 0 Å². The van der Waals surface area contributed by atoms with Crippen molar-refractivity contribution >= 4 is 18.8 Å². The molecule has 29 heavy (non-hydrogen) atoms. The maximum Gasteiger partial charge on any atom is 0.332 e. The first-order chi connectivity index (χ1) is 13.9. The molecule has 0 aliphatic heterocycles. The summed E-state index contributed by atoms with van der Waals surface area (Å²) in [6.07, 6.45) is 5.90. The van der Waals surface area contributed by atoms with Gasteiger partial charge in [0.15, 0.2) is 11.2 Å². The molecule has 0 aliphatic rings. The molecule has 0 spiro atoms. The summed E-state index contributed by atoms with van der Waals surface area (Å²) in [6.45, 7) is 7.36. The highest BCUT2D eigenvalue weighted by Gasteiger charge is 2.22. The Balaban J connectivity index is 2.09. The van der Waals surface area contributed by atoms with Crippen molar-refractivity contribution in [2.24, 2.45) is 7.05 Å². The molecule has 0 radical (unpaired) electrons. The van der Waals surface area contributed by atoms with E-state index in [1.165, 1.54) is 9.13 Å². The van der Waals surface area contributed by atoms with E-state index in [4.69, 9.17) is 9.05 Å². The monoisotopic (exact) mass is 428 g/mol. The van der Waals surface area contributed by atoms with Gasteiger partial charge in [0, 0.05) is 20.1 Å². The van der Waals surface area contributed by atoms with Crippen LogP contribution in [0.3, 0.4) is 0 Å². The zero-order valence-corrected chi connectivity index (χ0v) is 18.8. The van der Waals surface area contributed by atoms with Crippen LogP contribution in [0.25, 0.3) is 11.2 Å². The summed E-state index contributed by atoms with van der Waals surface area (Å²) in [5.74, 6) is 0. The molecular formula is C19H33N4O5P. The van der Waals surface area contributed by atoms with Crippen molar-refractivity contribution in [2.75, 3.05) is 19.4 Å². The molecule has 0 unspecified atom stereocenters. The number of fused-ring (bicyclic) bond motifs is 1. The number of imidazole rings is 1. The minimum atomic E-state index is -3.05. The van der Waals surface area contributed by atoms with Crippen LogP contribution in [-0.2, 0) is 33.7 Å². The topological polar surface area (TPSA) is 97.4 Å². The quantitative estimate of drug-likeness (QED) is 0.359. The predicted octanol–water partition coefficient (Wildman–Crippen LogP) is 3.13. The van der Waals surface area contributed by atoms with Crippen LogP contribution in [0.4, 0.5) is 0 Å². The van der Waals surface area contributed by atoms with Gasteiger partial charge in [0.1, 0.15) is 0 Å². The van der Waals surface area contributed by atoms with Gasteiger partial charge in [-0.2, -0.15) is 0 Å². The second kappa shape index (κ2) is 10.9. The Morgan fingerprint density at radius 3 is 2.31 bits per heavy atom. The summed E-state index contributed by atoms with van der Waals surface area (Å²) in [5, 5.41) is 0. The van der Waals surface area contributed by atoms with Crippen LogP contribution in [0.15, 0.2) is 15.9 Å². The van der Waals surface area contributed by atoms with E-state index in [2.05, 4.69) is 11.9 Å². The maximum atomic E-state index is 12.9. The molecule has 0 saturated heterocycles. The first-order valence-electron chi connectivity index (χ1n) is 10.4. The smallest absolute Gasteiger partial charge is 0.325 e. The highest BCUT2D eigenvalue weighted by molar-refractivity contribution is 7.53. The lowest BCUT2D eigenvalue weighted by Crippen LogP contribution is -2.39. The van der Waals surface area contributed by atoms with Gasteiger partial charge in [-0.05, 0) is 33.1 Å². The Morgan fingerprint density at radius 2 is 1.69 bits per heavy atom. The fourth-order valence-electron chi connectivity index (χ4n) is 3.33. The summed E-state index contributed by atoms with van der Waals surface area (Å²) in [6, 6.07) is 0. The number of nitrogens with zero attached hydrogens (tertiary/aromatic N) is 4. The number of unbranched alkanes of at least 4 members (excludes halogenated alkanes) is 3. The first kappa shape index (κ1) is 23.6. The fraction of sp³-hybridized carbons (Fsp3) is 0.737. The van der Waals surface area contributed by atoms with Gasteiger partial charge in [0.25, 0.3) is 5.56 Å². The van der Waals surface area contributed by atoms with Crippen molar-refractivity contribution in [1.29, 1.82) is 0 Å². The normalized spacial score (nSPS) is 12.1. The van der Waals surface area contributed by atoms with E-state index < -0.39 is 7.60 Å². The predicted molar refractivity (Wildman–Crippen MR) is 114 cm³/mol. The van der Waals surface area contributed by atoms with Gasteiger partial charge in [-0.3, -0.25) is 18.5 Å². The molecule has 0 aliphatic carbocycles. The number of aromatic nitrogens is 4. The molecule has 9 nitrogen and oxygen atoms in total. The largest absolute Gasteiger partial charge is 0.332 e. The third kappa shape index (κ3) is 5.68. The van der Waals surface area contributed by atoms with Crippen molar-refractivity contribution in [1.82, 2.24) is 18.7 Å². The first-order valence-corrected chi connectivity index (χ1v) is 12.1. The third-order valence-corrected chi connectivity index (χ3v) is 6.99. The number of hydrogen-bond donors (Lipinski definition) is 0. The maximum absolute atomic E-state index is 12.9. The molecule has 0 amide bonds. The third-order valence-electron chi connectivity index (χ3n) is 4.82. The molecule has 2 heterocycles. The SMILES string of the molecule is CCCCn1cnc2c1c(=O)n(CCCCCP(=O)(OCC)OCC)c(=O)n2C. The van der Waals surface area contributed by atoms with Gasteiger partial charge in [-0.25, -0.2) is 9.78 Å². The Kier molecular flexibility index (Phi) is 8.86. The van der Waals surface area contributed by atoms with Crippen LogP contribution in [-0.4, -0.2) is 38.1 Å². The van der Waals surface area contributed by atoms with E-state index in [0.717, 1.165) is 12.8 Å². The molecule has 0 atom stereocenters. The highest BCUT2D eigenvalue weighted by Crippen LogP contribution is 2.48. The van der Waals surface area contributed by atoms with Crippen LogP contribution in [0.2, 0.25) is 0 Å². The van der Waals surface area contributed by atoms with E-state index in [1.807, 2.05) is 4.57 Å². The van der Waals surface area contributed by atoms with Crippen molar-refractivity contribution in [3.8, 4) is 0 Å². The van der Waals surface area contributed by atoms with E-state index >= 15 is 0 Å². The Hall–Kier alpha value is -1.70. The lowest BCUT2D eigenvalue weighted by atomic mass is 10.2. The molecule has 0 aromatic carbocycles. The molecule has 2 rings (SSSR count). The Bertz CT molecular complexity index is 952. The summed E-state index contributed by atoms with van der Waals surface area (Å²) in [7, 11) is -1.41. The zero-order valence-electron chi connectivity index (χ0n) is 17.9. The molecule has 2 aromatic rings. The number of hydrogen-bond acceptors (Lipinski definition) is 6. The summed E-state index contributed by atoms with van der Waals surface area (Å²) >= 11 is 0. The molecular weight excluding hydrogens is 395 g/mol. The van der Waals surface area contributed by atoms with Crippen LogP contribution < -0.4 is 11.2 Å². The molecule has 164 valence electrons. The minimum Gasteiger partial charge on any atom is -0.325 e. The standard InChI is InChI=1S/C19H33N4O5P/c1-5-8-12-22-15-20-17-16(22)18(24)23(19(25)21(17)4)13-10-9-11-14-29(26,27-6-2)28-7-3/h15H,5-14H2,1-4H3. The second-order valence-electron chi connectivity index (χ2n) is 6.99. The average Bonchev–Trinajstić information content (AvgIpc) is 3.11. The van der Waals surface area contributed by atoms with Crippen molar-refractivity contribution in [3.05, 3.63) is 27.2 Å². The van der Waals surface area contributed by atoms with E-state index in [0.29, 0.717) is 62.9 Å². The highest BCUT2D eigenvalue weighted by atomic mass is 31.2. The Morgan fingerprint density at radius 1 is 1.00 bits per heavy atom. The minimum absolute atomic E-state index is 0.300. The van der Waals surface area contributed by atoms with Crippen LogP contribution in [0.5, 0.6) is 0 Å². The van der Waals surface area contributed by atoms with Gasteiger partial charge >= 0.3 is 13.3 Å². The number of rotatable bonds is 13. The summed E-state index contributed by atoms with van der Waals surface area (Å²) in [4.78, 5) is 29.8. The van der Waals surface area contributed by atoms with Gasteiger partial charge in [-0.1, -0.05) is 19.8 Å². The van der Waals surface area contributed by atoms with E-state index in [9.17, 15) is 14.2 Å². The van der Waals surface area contributed by atoms with E-state index in [1.54, 1.807) is 27.2 Å². The van der Waals surface area contributed by atoms with Crippen molar-refractivity contribution < 1.29 is 13.6 Å². The fourth-order valence-corrected chi connectivity index (χ4v) is 5.06. The Labute approximate surface area is 171 Å². The molecule has 0 N–H and O–H groups in total. The van der Waals surface area contributed by atoms with Crippen LogP contribution >= 0.6 is 7.60 Å². The molecule has 0 fully saturated rings. The molecule has 0 bridgehead atoms. The molecule has 2 aromatic heterocycles. The van der Waals surface area contributed by atoms with Crippen LogP contribution in [0.1, 0.15) is 52.9 Å². The number of aryl methyl sites for hydroxylation is 2. The molecule has 0 saturated carbocycles. The summed E-state index contributed by atoms with van der Waals surface area (Å²) in [5.41, 5.74) is 0.225. The van der Waals surface area contributed by atoms with Gasteiger partial charge in [0.2, 0.25) is 0 Å². The van der Waals surface area contributed by atoms with Gasteiger partial charge in [0.05, 0.1) is 25.7 Å². The van der Waals surface area contributed by atoms with E-state index in [-0.39, 0.29) is 11.2 Å². The second-order valence-corrected chi connectivity index (χ2v) is 9.18. The van der Waals surface area contributed by atoms with Crippen molar-refractivity contribution in [2.45, 2.75) is 66.0 Å². The summed E-state index contributed by atoms with van der Waals surface area (Å²) < 4.78 is 27.6. The lowest BCUT2D eigenvalue weighted by molar-refractivity contribution is 0.219. The van der Waals surface area contributed by atoms with Crippen molar-refractivity contribution in [3.63, 3.8) is 0 Å². The average molecular weight is 428 g/mol. The van der Waals surface area contributed by atoms with Gasteiger partial charge in [-0.15, -0.1) is 0 Å².